The molecule has 2 heteroatoms. The molecule has 1 rings (SSSR count). The number of unbranched alkanes of at least 4 members (excludes halogenated alkanes) is 1. The Kier molecular flexibility index (Phi) is 7.38. The molecule has 0 atom stereocenters. The smallest absolute Gasteiger partial charge is 0.154 e. The highest BCUT2D eigenvalue weighted by atomic mass is 14.9. The molecule has 0 amide bonds. The van der Waals surface area contributed by atoms with Crippen molar-refractivity contribution in [2.24, 2.45) is 20.8 Å². The molecule has 0 spiro atoms. The van der Waals surface area contributed by atoms with Crippen molar-refractivity contribution < 1.29 is 0 Å². The predicted octanol–water partition coefficient (Wildman–Crippen LogP) is 6.90. The standard InChI is InChI=1S/C22H36N2/c1-9-10-11-12-14-17(2)20-23-18(21(3,4)5)15-13-16-19(24-20)22(6,7)8/h9-10,14-15H,11-13,16H2,1-8H3/b10-9-,17-14+,18-15+,23-20-,24-19?. The van der Waals surface area contributed by atoms with E-state index in [1.807, 2.05) is 0 Å². The first-order valence-corrected chi connectivity index (χ1v) is 9.21. The third kappa shape index (κ3) is 6.59. The third-order valence-corrected chi connectivity index (χ3v) is 4.19. The fraction of sp³-hybridized carbons (Fsp3) is 0.636. The molecule has 24 heavy (non-hydrogen) atoms. The maximum atomic E-state index is 5.01. The van der Waals surface area contributed by atoms with Gasteiger partial charge in [0.1, 0.15) is 0 Å². The Balaban J connectivity index is 3.26. The van der Waals surface area contributed by atoms with Gasteiger partial charge >= 0.3 is 0 Å². The average molecular weight is 329 g/mol. The highest BCUT2D eigenvalue weighted by molar-refractivity contribution is 6.08. The molecule has 2 nitrogen and oxygen atoms in total. The zero-order valence-electron chi connectivity index (χ0n) is 17.0. The van der Waals surface area contributed by atoms with Crippen molar-refractivity contribution >= 4 is 11.5 Å². The number of hydrogen-bond acceptors (Lipinski definition) is 2. The molecule has 0 aromatic heterocycles. The minimum absolute atomic E-state index is 0.0469. The van der Waals surface area contributed by atoms with E-state index < -0.39 is 0 Å². The zero-order valence-corrected chi connectivity index (χ0v) is 17.0. The summed E-state index contributed by atoms with van der Waals surface area (Å²) >= 11 is 0. The fourth-order valence-electron chi connectivity index (χ4n) is 2.56. The van der Waals surface area contributed by atoms with Crippen LogP contribution in [-0.2, 0) is 0 Å². The van der Waals surface area contributed by atoms with Crippen molar-refractivity contribution in [3.63, 3.8) is 0 Å². The molecular formula is C22H36N2. The van der Waals surface area contributed by atoms with Crippen molar-refractivity contribution in [3.8, 4) is 0 Å². The lowest BCUT2D eigenvalue weighted by atomic mass is 9.85. The van der Waals surface area contributed by atoms with Crippen LogP contribution < -0.4 is 0 Å². The van der Waals surface area contributed by atoms with E-state index in [1.54, 1.807) is 0 Å². The van der Waals surface area contributed by atoms with E-state index in [1.165, 1.54) is 11.3 Å². The molecule has 0 aromatic carbocycles. The number of amidine groups is 1. The lowest BCUT2D eigenvalue weighted by Gasteiger charge is -2.26. The Labute approximate surface area is 149 Å². The Morgan fingerprint density at radius 2 is 1.71 bits per heavy atom. The second-order valence-corrected chi connectivity index (χ2v) is 8.66. The van der Waals surface area contributed by atoms with E-state index in [0.717, 1.165) is 37.2 Å². The molecule has 1 aliphatic heterocycles. The van der Waals surface area contributed by atoms with Gasteiger partial charge in [-0.15, -0.1) is 0 Å². The Morgan fingerprint density at radius 3 is 2.25 bits per heavy atom. The van der Waals surface area contributed by atoms with Gasteiger partial charge in [-0.25, -0.2) is 9.98 Å². The summed E-state index contributed by atoms with van der Waals surface area (Å²) in [4.78, 5) is 9.98. The van der Waals surface area contributed by atoms with Gasteiger partial charge in [-0.2, -0.15) is 0 Å². The van der Waals surface area contributed by atoms with Crippen molar-refractivity contribution in [1.82, 2.24) is 0 Å². The largest absolute Gasteiger partial charge is 0.237 e. The average Bonchev–Trinajstić information content (AvgIpc) is 2.40. The van der Waals surface area contributed by atoms with Crippen LogP contribution >= 0.6 is 0 Å². The predicted molar refractivity (Wildman–Crippen MR) is 109 cm³/mol. The van der Waals surface area contributed by atoms with Crippen LogP contribution in [0.15, 0.2) is 45.6 Å². The van der Waals surface area contributed by atoms with Crippen LogP contribution in [0.25, 0.3) is 0 Å². The SMILES string of the molecule is C/C=C\CC/C=C(C)/C1=N/C(C(C)(C)C)=C/CCC(C(C)(C)C)=N1. The molecule has 0 bridgehead atoms. The molecule has 134 valence electrons. The Morgan fingerprint density at radius 1 is 1.04 bits per heavy atom. The van der Waals surface area contributed by atoms with Crippen molar-refractivity contribution in [2.45, 2.75) is 81.1 Å². The topological polar surface area (TPSA) is 24.7 Å². The summed E-state index contributed by atoms with van der Waals surface area (Å²) in [5, 5.41) is 0. The molecular weight excluding hydrogens is 292 g/mol. The Bertz CT molecular complexity index is 570. The summed E-state index contributed by atoms with van der Waals surface area (Å²) in [7, 11) is 0. The molecule has 0 unspecified atom stereocenters. The van der Waals surface area contributed by atoms with Crippen LogP contribution in [0, 0.1) is 10.8 Å². The lowest BCUT2D eigenvalue weighted by Crippen LogP contribution is -2.23. The zero-order chi connectivity index (χ0) is 18.4. The quantitative estimate of drug-likeness (QED) is 0.396. The number of rotatable bonds is 4. The van der Waals surface area contributed by atoms with Gasteiger partial charge in [-0.05, 0) is 45.1 Å². The fourth-order valence-corrected chi connectivity index (χ4v) is 2.56. The minimum Gasteiger partial charge on any atom is -0.237 e. The minimum atomic E-state index is 0.0469. The molecule has 0 saturated heterocycles. The van der Waals surface area contributed by atoms with Crippen molar-refractivity contribution in [2.75, 3.05) is 0 Å². The van der Waals surface area contributed by atoms with E-state index >= 15 is 0 Å². The van der Waals surface area contributed by atoms with Crippen LogP contribution in [0.2, 0.25) is 0 Å². The third-order valence-electron chi connectivity index (χ3n) is 4.19. The van der Waals surface area contributed by atoms with Gasteiger partial charge in [0.2, 0.25) is 0 Å². The first-order chi connectivity index (χ1) is 11.1. The molecule has 0 fully saturated rings. The van der Waals surface area contributed by atoms with E-state index in [-0.39, 0.29) is 10.8 Å². The number of allylic oxidation sites excluding steroid dienone is 5. The summed E-state index contributed by atoms with van der Waals surface area (Å²) < 4.78 is 0. The van der Waals surface area contributed by atoms with Crippen LogP contribution in [-0.4, -0.2) is 11.5 Å². The molecule has 1 aliphatic rings. The Hall–Kier alpha value is -1.44. The molecule has 0 N–H and O–H groups in total. The molecule has 0 saturated carbocycles. The van der Waals surface area contributed by atoms with Gasteiger partial charge in [-0.1, -0.05) is 65.8 Å². The summed E-state index contributed by atoms with van der Waals surface area (Å²) in [6.07, 6.45) is 13.0. The van der Waals surface area contributed by atoms with Gasteiger partial charge in [0.05, 0.1) is 0 Å². The monoisotopic (exact) mass is 328 g/mol. The molecule has 0 radical (unpaired) electrons. The molecule has 1 heterocycles. The lowest BCUT2D eigenvalue weighted by molar-refractivity contribution is 0.494. The number of hydrogen-bond donors (Lipinski definition) is 0. The second-order valence-electron chi connectivity index (χ2n) is 8.66. The van der Waals surface area contributed by atoms with Crippen LogP contribution in [0.1, 0.15) is 81.1 Å². The first kappa shape index (κ1) is 20.6. The highest BCUT2D eigenvalue weighted by Gasteiger charge is 2.23. The first-order valence-electron chi connectivity index (χ1n) is 9.21. The van der Waals surface area contributed by atoms with Crippen LogP contribution in [0.5, 0.6) is 0 Å². The summed E-state index contributed by atoms with van der Waals surface area (Å²) in [6.45, 7) is 17.6. The van der Waals surface area contributed by atoms with Crippen molar-refractivity contribution in [1.29, 1.82) is 0 Å². The highest BCUT2D eigenvalue weighted by Crippen LogP contribution is 2.30. The van der Waals surface area contributed by atoms with Gasteiger partial charge in [0, 0.05) is 22.2 Å². The maximum Gasteiger partial charge on any atom is 0.154 e. The van der Waals surface area contributed by atoms with Gasteiger partial charge in [-0.3, -0.25) is 0 Å². The van der Waals surface area contributed by atoms with Gasteiger partial charge in [0.15, 0.2) is 5.84 Å². The van der Waals surface area contributed by atoms with E-state index in [2.05, 4.69) is 79.7 Å². The summed E-state index contributed by atoms with van der Waals surface area (Å²) in [5.41, 5.74) is 3.70. The van der Waals surface area contributed by atoms with E-state index in [0.29, 0.717) is 0 Å². The van der Waals surface area contributed by atoms with Crippen LogP contribution in [0.3, 0.4) is 0 Å². The number of nitrogens with zero attached hydrogens (tertiary/aromatic N) is 2. The van der Waals surface area contributed by atoms with E-state index in [9.17, 15) is 0 Å². The summed E-state index contributed by atoms with van der Waals surface area (Å²) in [5.74, 6) is 0.890. The second kappa shape index (κ2) is 8.60. The van der Waals surface area contributed by atoms with Crippen LogP contribution in [0.4, 0.5) is 0 Å². The summed E-state index contributed by atoms with van der Waals surface area (Å²) in [6, 6.07) is 0. The number of aliphatic imine (C=N–C) groups is 2. The normalized spacial score (nSPS) is 22.3. The maximum absolute atomic E-state index is 5.01. The van der Waals surface area contributed by atoms with Gasteiger partial charge < -0.3 is 0 Å². The molecule has 0 aliphatic carbocycles. The van der Waals surface area contributed by atoms with E-state index in [4.69, 9.17) is 9.98 Å². The van der Waals surface area contributed by atoms with Crippen molar-refractivity contribution in [3.05, 3.63) is 35.6 Å². The molecule has 0 aromatic rings. The van der Waals surface area contributed by atoms with Gasteiger partial charge in [0.25, 0.3) is 0 Å².